The van der Waals surface area contributed by atoms with Gasteiger partial charge in [-0.3, -0.25) is 10.1 Å². The van der Waals surface area contributed by atoms with Gasteiger partial charge in [0, 0.05) is 17.5 Å². The Kier molecular flexibility index (Phi) is 3.32. The molecule has 0 bridgehead atoms. The minimum atomic E-state index is -0.220. The minimum Gasteiger partial charge on any atom is -0.319 e. The average molecular weight is 305 g/mol. The van der Waals surface area contributed by atoms with Crippen molar-refractivity contribution < 1.29 is 4.79 Å². The Balaban J connectivity index is 1.56. The van der Waals surface area contributed by atoms with E-state index in [-0.39, 0.29) is 11.7 Å². The molecule has 2 aliphatic heterocycles. The van der Waals surface area contributed by atoms with Crippen LogP contribution in [-0.2, 0) is 4.79 Å². The first kappa shape index (κ1) is 13.7. The monoisotopic (exact) mass is 305 g/mol. The molecule has 2 atom stereocenters. The van der Waals surface area contributed by atoms with Crippen molar-refractivity contribution in [1.29, 1.82) is 0 Å². The SMILES string of the molecule is CN1CCCCC1CN1C(=O)C2(CC2)NC1c1cccs1. The highest BCUT2D eigenvalue weighted by molar-refractivity contribution is 7.10. The molecule has 3 heterocycles. The number of hydrogen-bond acceptors (Lipinski definition) is 4. The third-order valence-corrected chi connectivity index (χ3v) is 6.21. The Hall–Kier alpha value is -0.910. The summed E-state index contributed by atoms with van der Waals surface area (Å²) in [5.74, 6) is 0.333. The van der Waals surface area contributed by atoms with Crippen molar-refractivity contribution in [3.05, 3.63) is 22.4 Å². The van der Waals surface area contributed by atoms with Crippen LogP contribution in [0.3, 0.4) is 0 Å². The third kappa shape index (κ3) is 2.31. The van der Waals surface area contributed by atoms with Crippen molar-refractivity contribution in [1.82, 2.24) is 15.1 Å². The van der Waals surface area contributed by atoms with E-state index >= 15 is 0 Å². The molecule has 0 radical (unpaired) electrons. The molecule has 1 aliphatic carbocycles. The number of likely N-dealkylation sites (tertiary alicyclic amines) is 1. The number of hydrogen-bond donors (Lipinski definition) is 1. The number of nitrogens with one attached hydrogen (secondary N) is 1. The topological polar surface area (TPSA) is 35.6 Å². The Morgan fingerprint density at radius 1 is 1.43 bits per heavy atom. The Morgan fingerprint density at radius 3 is 2.95 bits per heavy atom. The van der Waals surface area contributed by atoms with Crippen molar-refractivity contribution in [3.8, 4) is 0 Å². The molecule has 3 fully saturated rings. The molecule has 2 saturated heterocycles. The van der Waals surface area contributed by atoms with Crippen LogP contribution in [-0.4, -0.2) is 47.4 Å². The zero-order valence-electron chi connectivity index (χ0n) is 12.5. The molecule has 1 aromatic heterocycles. The van der Waals surface area contributed by atoms with E-state index in [1.165, 1.54) is 24.1 Å². The molecule has 0 aromatic carbocycles. The zero-order valence-corrected chi connectivity index (χ0v) is 13.4. The zero-order chi connectivity index (χ0) is 14.4. The van der Waals surface area contributed by atoms with Gasteiger partial charge < -0.3 is 9.80 Å². The Labute approximate surface area is 130 Å². The summed E-state index contributed by atoms with van der Waals surface area (Å²) in [7, 11) is 2.20. The summed E-state index contributed by atoms with van der Waals surface area (Å²) in [5, 5.41) is 5.72. The van der Waals surface area contributed by atoms with Gasteiger partial charge in [-0.25, -0.2) is 0 Å². The van der Waals surface area contributed by atoms with Crippen molar-refractivity contribution in [2.75, 3.05) is 20.1 Å². The van der Waals surface area contributed by atoms with Crippen LogP contribution in [0.2, 0.25) is 0 Å². The lowest BCUT2D eigenvalue weighted by Gasteiger charge is -2.36. The lowest BCUT2D eigenvalue weighted by molar-refractivity contribution is -0.131. The molecule has 21 heavy (non-hydrogen) atoms. The van der Waals surface area contributed by atoms with Crippen LogP contribution in [0.1, 0.15) is 43.1 Å². The fourth-order valence-electron chi connectivity index (χ4n) is 3.74. The highest BCUT2D eigenvalue weighted by Gasteiger charge is 2.59. The Morgan fingerprint density at radius 2 is 2.29 bits per heavy atom. The normalized spacial score (nSPS) is 32.0. The van der Waals surface area contributed by atoms with Gasteiger partial charge in [-0.2, -0.15) is 0 Å². The second-order valence-corrected chi connectivity index (χ2v) is 7.71. The predicted molar refractivity (Wildman–Crippen MR) is 84.1 cm³/mol. The van der Waals surface area contributed by atoms with E-state index in [4.69, 9.17) is 0 Å². The molecular formula is C16H23N3OS. The maximum absolute atomic E-state index is 12.8. The summed E-state index contributed by atoms with van der Waals surface area (Å²) in [4.78, 5) is 18.6. The van der Waals surface area contributed by atoms with Crippen molar-refractivity contribution in [2.45, 2.75) is 49.9 Å². The lowest BCUT2D eigenvalue weighted by atomic mass is 10.0. The first-order valence-electron chi connectivity index (χ1n) is 8.02. The van der Waals surface area contributed by atoms with Gasteiger partial charge in [0.05, 0.1) is 0 Å². The van der Waals surface area contributed by atoms with Crippen LogP contribution >= 0.6 is 11.3 Å². The van der Waals surface area contributed by atoms with Gasteiger partial charge >= 0.3 is 0 Å². The van der Waals surface area contributed by atoms with Crippen LogP contribution in [0.5, 0.6) is 0 Å². The number of amides is 1. The van der Waals surface area contributed by atoms with E-state index in [2.05, 4.69) is 39.7 Å². The summed E-state index contributed by atoms with van der Waals surface area (Å²) in [6, 6.07) is 4.74. The summed E-state index contributed by atoms with van der Waals surface area (Å²) < 4.78 is 0. The quantitative estimate of drug-likeness (QED) is 0.930. The number of carbonyl (C=O) groups excluding carboxylic acids is 1. The van der Waals surface area contributed by atoms with Gasteiger partial charge in [0.1, 0.15) is 11.7 Å². The molecular weight excluding hydrogens is 282 g/mol. The molecule has 4 rings (SSSR count). The molecule has 114 valence electrons. The van der Waals surface area contributed by atoms with Gasteiger partial charge in [-0.05, 0) is 50.7 Å². The van der Waals surface area contributed by atoms with E-state index in [0.29, 0.717) is 11.9 Å². The molecule has 4 nitrogen and oxygen atoms in total. The van der Waals surface area contributed by atoms with Gasteiger partial charge in [-0.1, -0.05) is 12.5 Å². The van der Waals surface area contributed by atoms with Crippen molar-refractivity contribution in [3.63, 3.8) is 0 Å². The van der Waals surface area contributed by atoms with Crippen LogP contribution < -0.4 is 5.32 Å². The molecule has 2 unspecified atom stereocenters. The molecule has 3 aliphatic rings. The van der Waals surface area contributed by atoms with Gasteiger partial charge in [0.2, 0.25) is 5.91 Å². The van der Waals surface area contributed by atoms with Crippen molar-refractivity contribution in [2.24, 2.45) is 0 Å². The Bertz CT molecular complexity index is 526. The van der Waals surface area contributed by atoms with E-state index in [1.54, 1.807) is 11.3 Å². The fraction of sp³-hybridized carbons (Fsp3) is 0.688. The van der Waals surface area contributed by atoms with Crippen LogP contribution in [0.4, 0.5) is 0 Å². The second-order valence-electron chi connectivity index (χ2n) is 6.73. The molecule has 1 amide bonds. The summed E-state index contributed by atoms with van der Waals surface area (Å²) in [5.41, 5.74) is -0.220. The molecule has 1 aromatic rings. The lowest BCUT2D eigenvalue weighted by Crippen LogP contribution is -2.46. The first-order valence-corrected chi connectivity index (χ1v) is 8.90. The second kappa shape index (κ2) is 5.07. The minimum absolute atomic E-state index is 0.0929. The number of rotatable bonds is 3. The molecule has 1 spiro atoms. The van der Waals surface area contributed by atoms with E-state index in [9.17, 15) is 4.79 Å². The van der Waals surface area contributed by atoms with E-state index in [1.807, 2.05) is 0 Å². The van der Waals surface area contributed by atoms with E-state index < -0.39 is 0 Å². The highest BCUT2D eigenvalue weighted by atomic mass is 32.1. The summed E-state index contributed by atoms with van der Waals surface area (Å²) >= 11 is 1.75. The summed E-state index contributed by atoms with van der Waals surface area (Å²) in [6.07, 6.45) is 5.90. The fourth-order valence-corrected chi connectivity index (χ4v) is 4.52. The predicted octanol–water partition coefficient (Wildman–Crippen LogP) is 2.20. The number of carbonyl (C=O) groups is 1. The van der Waals surface area contributed by atoms with Gasteiger partial charge in [-0.15, -0.1) is 11.3 Å². The van der Waals surface area contributed by atoms with E-state index in [0.717, 1.165) is 25.9 Å². The largest absolute Gasteiger partial charge is 0.319 e. The van der Waals surface area contributed by atoms with Crippen LogP contribution in [0.25, 0.3) is 0 Å². The molecule has 1 N–H and O–H groups in total. The van der Waals surface area contributed by atoms with Crippen molar-refractivity contribution >= 4 is 17.2 Å². The van der Waals surface area contributed by atoms with Gasteiger partial charge in [0.25, 0.3) is 0 Å². The van der Waals surface area contributed by atoms with Crippen LogP contribution in [0.15, 0.2) is 17.5 Å². The third-order valence-electron chi connectivity index (χ3n) is 5.29. The maximum atomic E-state index is 12.8. The number of nitrogens with zero attached hydrogens (tertiary/aromatic N) is 2. The standard InChI is InChI=1S/C16H23N3OS/c1-18-9-3-2-5-12(18)11-19-14(13-6-4-10-21-13)17-16(7-8-16)15(19)20/h4,6,10,12,14,17H,2-3,5,7-9,11H2,1H3. The van der Waals surface area contributed by atoms with Gasteiger partial charge in [0.15, 0.2) is 0 Å². The molecule has 5 heteroatoms. The number of likely N-dealkylation sites (N-methyl/N-ethyl adjacent to an activating group) is 1. The maximum Gasteiger partial charge on any atom is 0.244 e. The number of thiophene rings is 1. The van der Waals surface area contributed by atoms with Crippen LogP contribution in [0, 0.1) is 0 Å². The average Bonchev–Trinajstić information content (AvgIpc) is 2.96. The smallest absolute Gasteiger partial charge is 0.244 e. The number of piperidine rings is 1. The summed E-state index contributed by atoms with van der Waals surface area (Å²) in [6.45, 7) is 2.03. The highest BCUT2D eigenvalue weighted by Crippen LogP contribution is 2.46. The molecule has 1 saturated carbocycles. The first-order chi connectivity index (χ1) is 10.2.